The smallest absolute Gasteiger partial charge is 0.410 e. The van der Waals surface area contributed by atoms with Crippen molar-refractivity contribution in [3.05, 3.63) is 23.1 Å². The first kappa shape index (κ1) is 17.5. The van der Waals surface area contributed by atoms with Crippen molar-refractivity contribution in [3.63, 3.8) is 0 Å². The van der Waals surface area contributed by atoms with E-state index in [0.29, 0.717) is 13.1 Å². The van der Waals surface area contributed by atoms with Crippen molar-refractivity contribution in [2.45, 2.75) is 59.7 Å². The van der Waals surface area contributed by atoms with Crippen molar-refractivity contribution in [1.82, 2.24) is 19.5 Å². The summed E-state index contributed by atoms with van der Waals surface area (Å²) in [5.74, 6) is 0.742. The minimum Gasteiger partial charge on any atom is -0.485 e. The highest BCUT2D eigenvalue weighted by Crippen LogP contribution is 2.26. The third-order valence-corrected chi connectivity index (χ3v) is 4.15. The van der Waals surface area contributed by atoms with Gasteiger partial charge in [0.05, 0.1) is 23.6 Å². The monoisotopic (exact) mass is 346 g/mol. The number of likely N-dealkylation sites (tertiary alicyclic amines) is 1. The first-order chi connectivity index (χ1) is 11.6. The molecule has 2 aromatic heterocycles. The van der Waals surface area contributed by atoms with Gasteiger partial charge in [-0.15, -0.1) is 0 Å². The number of nitrogens with zero attached hydrogens (tertiary/aromatic N) is 4. The predicted molar refractivity (Wildman–Crippen MR) is 94.0 cm³/mol. The first-order valence-electron chi connectivity index (χ1n) is 8.62. The van der Waals surface area contributed by atoms with Gasteiger partial charge in [-0.25, -0.2) is 14.3 Å². The van der Waals surface area contributed by atoms with E-state index in [1.165, 1.54) is 0 Å². The number of hydrogen-bond acceptors (Lipinski definition) is 5. The zero-order chi connectivity index (χ0) is 18.4. The Morgan fingerprint density at radius 2 is 2.00 bits per heavy atom. The normalized spacial score (nSPS) is 18.0. The molecule has 0 aliphatic carbocycles. The molecule has 0 radical (unpaired) electrons. The largest absolute Gasteiger partial charge is 0.485 e. The van der Waals surface area contributed by atoms with Gasteiger partial charge in [-0.3, -0.25) is 0 Å². The van der Waals surface area contributed by atoms with E-state index in [9.17, 15) is 4.79 Å². The molecule has 1 amide bonds. The summed E-state index contributed by atoms with van der Waals surface area (Å²) in [6.07, 6.45) is 0.415. The maximum Gasteiger partial charge on any atom is 0.410 e. The van der Waals surface area contributed by atoms with Crippen LogP contribution in [0.15, 0.2) is 6.07 Å². The number of hydrogen-bond donors (Lipinski definition) is 0. The van der Waals surface area contributed by atoms with Crippen LogP contribution in [0.3, 0.4) is 0 Å². The Bertz CT molecular complexity index is 807. The Labute approximate surface area is 147 Å². The fourth-order valence-corrected chi connectivity index (χ4v) is 3.05. The average Bonchev–Trinajstić information content (AvgIpc) is 3.08. The lowest BCUT2D eigenvalue weighted by Gasteiger charge is -2.24. The summed E-state index contributed by atoms with van der Waals surface area (Å²) < 4.78 is 13.4. The molecule has 136 valence electrons. The van der Waals surface area contributed by atoms with E-state index >= 15 is 0 Å². The van der Waals surface area contributed by atoms with Crippen molar-refractivity contribution in [1.29, 1.82) is 0 Å². The van der Waals surface area contributed by atoms with Gasteiger partial charge in [0.2, 0.25) is 0 Å². The molecule has 0 bridgehead atoms. The molecule has 1 saturated heterocycles. The molecular formula is C18H26N4O3. The molecule has 3 rings (SSSR count). The molecule has 1 aliphatic rings. The van der Waals surface area contributed by atoms with Gasteiger partial charge in [-0.1, -0.05) is 0 Å². The van der Waals surface area contributed by atoms with Crippen LogP contribution in [0.2, 0.25) is 0 Å². The molecule has 0 saturated carbocycles. The molecule has 7 heteroatoms. The molecule has 1 aliphatic heterocycles. The molecular weight excluding hydrogens is 320 g/mol. The topological polar surface area (TPSA) is 69.0 Å². The van der Waals surface area contributed by atoms with Crippen molar-refractivity contribution in [3.8, 4) is 5.75 Å². The average molecular weight is 346 g/mol. The van der Waals surface area contributed by atoms with Gasteiger partial charge in [0.15, 0.2) is 11.4 Å². The van der Waals surface area contributed by atoms with Gasteiger partial charge >= 0.3 is 6.09 Å². The van der Waals surface area contributed by atoms with Crippen LogP contribution in [0.5, 0.6) is 5.75 Å². The standard InChI is InChI=1S/C18H26N4O3/c1-11-9-15-19-12(2)16(13(3)22(15)20-11)24-14-7-8-21(10-14)17(23)25-18(4,5)6/h9,14H,7-8,10H2,1-6H3/t14-/m1/s1. The molecule has 25 heavy (non-hydrogen) atoms. The molecule has 7 nitrogen and oxygen atoms in total. The second kappa shape index (κ2) is 6.20. The first-order valence-corrected chi connectivity index (χ1v) is 8.62. The highest BCUT2D eigenvalue weighted by Gasteiger charge is 2.31. The van der Waals surface area contributed by atoms with Gasteiger partial charge in [-0.2, -0.15) is 5.10 Å². The number of ether oxygens (including phenoxy) is 2. The van der Waals surface area contributed by atoms with Gasteiger partial charge in [-0.05, 0) is 41.5 Å². The molecule has 0 spiro atoms. The minimum absolute atomic E-state index is 0.0687. The molecule has 0 N–H and O–H groups in total. The van der Waals surface area contributed by atoms with Crippen molar-refractivity contribution in [2.24, 2.45) is 0 Å². The molecule has 1 fully saturated rings. The highest BCUT2D eigenvalue weighted by atomic mass is 16.6. The fourth-order valence-electron chi connectivity index (χ4n) is 3.05. The van der Waals surface area contributed by atoms with Gasteiger partial charge in [0, 0.05) is 19.0 Å². The van der Waals surface area contributed by atoms with E-state index in [0.717, 1.165) is 34.9 Å². The van der Waals surface area contributed by atoms with Crippen LogP contribution in [-0.2, 0) is 4.74 Å². The molecule has 2 aromatic rings. The third kappa shape index (κ3) is 3.70. The van der Waals surface area contributed by atoms with E-state index in [2.05, 4.69) is 10.1 Å². The Balaban J connectivity index is 1.73. The van der Waals surface area contributed by atoms with Crippen LogP contribution in [-0.4, -0.2) is 50.4 Å². The fraction of sp³-hybridized carbons (Fsp3) is 0.611. The Kier molecular flexibility index (Phi) is 4.34. The lowest BCUT2D eigenvalue weighted by molar-refractivity contribution is 0.0275. The summed E-state index contributed by atoms with van der Waals surface area (Å²) in [5.41, 5.74) is 3.01. The summed E-state index contributed by atoms with van der Waals surface area (Å²) in [6.45, 7) is 12.6. The summed E-state index contributed by atoms with van der Waals surface area (Å²) in [5, 5.41) is 4.46. The molecule has 0 aromatic carbocycles. The number of rotatable bonds is 2. The number of amides is 1. The van der Waals surface area contributed by atoms with E-state index in [-0.39, 0.29) is 12.2 Å². The van der Waals surface area contributed by atoms with Gasteiger partial charge < -0.3 is 14.4 Å². The van der Waals surface area contributed by atoms with Crippen LogP contribution in [0.4, 0.5) is 4.79 Å². The number of carbonyl (C=O) groups excluding carboxylic acids is 1. The summed E-state index contributed by atoms with van der Waals surface area (Å²) in [7, 11) is 0. The lowest BCUT2D eigenvalue weighted by atomic mass is 10.2. The summed E-state index contributed by atoms with van der Waals surface area (Å²) in [6, 6.07) is 1.95. The number of aromatic nitrogens is 3. The minimum atomic E-state index is -0.490. The number of carbonyl (C=O) groups is 1. The quantitative estimate of drug-likeness (QED) is 0.836. The molecule has 0 unspecified atom stereocenters. The van der Waals surface area contributed by atoms with Crippen molar-refractivity contribution in [2.75, 3.05) is 13.1 Å². The molecule has 3 heterocycles. The predicted octanol–water partition coefficient (Wildman–Crippen LogP) is 3.04. The van der Waals surface area contributed by atoms with Crippen LogP contribution < -0.4 is 4.74 Å². The zero-order valence-corrected chi connectivity index (χ0v) is 15.8. The van der Waals surface area contributed by atoms with E-state index in [1.54, 1.807) is 9.42 Å². The summed E-state index contributed by atoms with van der Waals surface area (Å²) in [4.78, 5) is 18.5. The van der Waals surface area contributed by atoms with Crippen molar-refractivity contribution < 1.29 is 14.3 Å². The zero-order valence-electron chi connectivity index (χ0n) is 15.8. The SMILES string of the molecule is Cc1cc2nc(C)c(O[C@@H]3CCN(C(=O)OC(C)(C)C)C3)c(C)n2n1. The Hall–Kier alpha value is -2.31. The molecule has 1 atom stereocenters. The highest BCUT2D eigenvalue weighted by molar-refractivity contribution is 5.68. The Morgan fingerprint density at radius 1 is 1.28 bits per heavy atom. The van der Waals surface area contributed by atoms with Crippen LogP contribution in [0.25, 0.3) is 5.65 Å². The van der Waals surface area contributed by atoms with E-state index in [4.69, 9.17) is 9.47 Å². The summed E-state index contributed by atoms with van der Waals surface area (Å²) >= 11 is 0. The second-order valence-corrected chi connectivity index (χ2v) is 7.62. The Morgan fingerprint density at radius 3 is 2.68 bits per heavy atom. The maximum absolute atomic E-state index is 12.2. The van der Waals surface area contributed by atoms with E-state index in [1.807, 2.05) is 47.6 Å². The number of fused-ring (bicyclic) bond motifs is 1. The number of aryl methyl sites for hydroxylation is 3. The maximum atomic E-state index is 12.2. The van der Waals surface area contributed by atoms with Gasteiger partial charge in [0.25, 0.3) is 0 Å². The van der Waals surface area contributed by atoms with Crippen LogP contribution >= 0.6 is 0 Å². The van der Waals surface area contributed by atoms with Crippen molar-refractivity contribution >= 4 is 11.7 Å². The van der Waals surface area contributed by atoms with Crippen LogP contribution in [0, 0.1) is 20.8 Å². The second-order valence-electron chi connectivity index (χ2n) is 7.62. The van der Waals surface area contributed by atoms with E-state index < -0.39 is 5.60 Å². The third-order valence-electron chi connectivity index (χ3n) is 4.15. The van der Waals surface area contributed by atoms with Crippen LogP contribution in [0.1, 0.15) is 44.3 Å². The lowest BCUT2D eigenvalue weighted by Crippen LogP contribution is -2.36. The van der Waals surface area contributed by atoms with Gasteiger partial charge in [0.1, 0.15) is 11.7 Å².